The van der Waals surface area contributed by atoms with Crippen molar-refractivity contribution in [1.82, 2.24) is 10.2 Å². The normalized spacial score (nSPS) is 23.6. The van der Waals surface area contributed by atoms with Crippen LogP contribution in [-0.4, -0.2) is 53.8 Å². The largest absolute Gasteiger partial charge is 0.465 e. The number of carbonyl (C=O) groups excluding carboxylic acids is 1. The van der Waals surface area contributed by atoms with Crippen LogP contribution in [0.5, 0.6) is 0 Å². The second kappa shape index (κ2) is 6.75. The fourth-order valence-electron chi connectivity index (χ4n) is 2.63. The van der Waals surface area contributed by atoms with Gasteiger partial charge in [0.2, 0.25) is 5.91 Å². The molecule has 0 spiro atoms. The molecule has 1 aliphatic heterocycles. The minimum absolute atomic E-state index is 0.199. The molecule has 2 amide bonds. The summed E-state index contributed by atoms with van der Waals surface area (Å²) in [5.41, 5.74) is 0. The fraction of sp³-hybridized carbons (Fsp3) is 0.846. The lowest BCUT2D eigenvalue weighted by molar-refractivity contribution is -0.132. The molecule has 1 atom stereocenters. The Labute approximate surface area is 113 Å². The Morgan fingerprint density at radius 2 is 2.11 bits per heavy atom. The monoisotopic (exact) mass is 270 g/mol. The van der Waals surface area contributed by atoms with E-state index in [1.165, 1.54) is 24.2 Å². The molecule has 1 saturated carbocycles. The maximum Gasteiger partial charge on any atom is 0.408 e. The maximum absolute atomic E-state index is 11.2. The molecule has 19 heavy (non-hydrogen) atoms. The number of nitrogens with one attached hydrogen (secondary N) is 1. The molecule has 6 nitrogen and oxygen atoms in total. The minimum atomic E-state index is -1.03. The highest BCUT2D eigenvalue weighted by Crippen LogP contribution is 2.20. The molecule has 1 heterocycles. The molecular weight excluding hydrogens is 248 g/mol. The molecule has 0 bridgehead atoms. The van der Waals surface area contributed by atoms with Gasteiger partial charge in [0, 0.05) is 19.7 Å². The van der Waals surface area contributed by atoms with E-state index in [0.717, 1.165) is 12.8 Å². The number of carbonyl (C=O) groups is 2. The van der Waals surface area contributed by atoms with Gasteiger partial charge >= 0.3 is 6.09 Å². The lowest BCUT2D eigenvalue weighted by atomic mass is 9.98. The van der Waals surface area contributed by atoms with E-state index in [1.807, 2.05) is 0 Å². The summed E-state index contributed by atoms with van der Waals surface area (Å²) in [5.74, 6) is -0.199. The second-order valence-electron chi connectivity index (χ2n) is 5.22. The van der Waals surface area contributed by atoms with E-state index >= 15 is 0 Å². The average molecular weight is 270 g/mol. The van der Waals surface area contributed by atoms with Gasteiger partial charge in [0.05, 0.1) is 6.10 Å². The molecule has 2 fully saturated rings. The molecular formula is C13H22N2O4. The highest BCUT2D eigenvalue weighted by Gasteiger charge is 2.36. The molecule has 1 saturated heterocycles. The summed E-state index contributed by atoms with van der Waals surface area (Å²) in [6.07, 6.45) is 5.95. The van der Waals surface area contributed by atoms with Crippen molar-refractivity contribution in [3.63, 3.8) is 0 Å². The fourth-order valence-corrected chi connectivity index (χ4v) is 2.63. The summed E-state index contributed by atoms with van der Waals surface area (Å²) in [5, 5.41) is 11.6. The summed E-state index contributed by atoms with van der Waals surface area (Å²) in [4.78, 5) is 23.5. The first-order valence-electron chi connectivity index (χ1n) is 7.07. The van der Waals surface area contributed by atoms with Crippen molar-refractivity contribution in [3.8, 4) is 0 Å². The van der Waals surface area contributed by atoms with Gasteiger partial charge in [-0.25, -0.2) is 4.79 Å². The molecule has 6 heteroatoms. The van der Waals surface area contributed by atoms with E-state index in [-0.39, 0.29) is 5.91 Å². The zero-order chi connectivity index (χ0) is 13.7. The number of rotatable bonds is 6. The minimum Gasteiger partial charge on any atom is -0.465 e. The number of carboxylic acid groups (broad SMARTS) is 1. The Hall–Kier alpha value is -1.30. The third-order valence-corrected chi connectivity index (χ3v) is 3.84. The Bertz CT molecular complexity index is 329. The third kappa shape index (κ3) is 3.83. The Kier molecular flexibility index (Phi) is 5.01. The molecule has 0 aromatic rings. The van der Waals surface area contributed by atoms with Gasteiger partial charge in [-0.2, -0.15) is 0 Å². The van der Waals surface area contributed by atoms with E-state index in [4.69, 9.17) is 9.84 Å². The van der Waals surface area contributed by atoms with Crippen LogP contribution >= 0.6 is 0 Å². The van der Waals surface area contributed by atoms with Gasteiger partial charge in [-0.15, -0.1) is 0 Å². The van der Waals surface area contributed by atoms with Crippen molar-refractivity contribution in [3.05, 3.63) is 0 Å². The molecule has 0 unspecified atom stereocenters. The Morgan fingerprint density at radius 3 is 2.63 bits per heavy atom. The van der Waals surface area contributed by atoms with Crippen LogP contribution in [0.3, 0.4) is 0 Å². The van der Waals surface area contributed by atoms with Gasteiger partial charge in [0.25, 0.3) is 0 Å². The topological polar surface area (TPSA) is 78.9 Å². The highest BCUT2D eigenvalue weighted by molar-refractivity contribution is 5.90. The average Bonchev–Trinajstić information content (AvgIpc) is 2.41. The van der Waals surface area contributed by atoms with Crippen LogP contribution in [-0.2, 0) is 9.53 Å². The number of β-lactam (4-membered cyclic amide) rings is 1. The number of hydrogen-bond donors (Lipinski definition) is 2. The third-order valence-electron chi connectivity index (χ3n) is 3.84. The summed E-state index contributed by atoms with van der Waals surface area (Å²) in [6, 6.07) is -0.507. The predicted octanol–water partition coefficient (Wildman–Crippen LogP) is 1.20. The van der Waals surface area contributed by atoms with Crippen LogP contribution in [0, 0.1) is 0 Å². The Balaban J connectivity index is 1.64. The summed E-state index contributed by atoms with van der Waals surface area (Å²) < 4.78 is 5.75. The van der Waals surface area contributed by atoms with Crippen LogP contribution in [0.2, 0.25) is 0 Å². The van der Waals surface area contributed by atoms with Crippen LogP contribution in [0.15, 0.2) is 0 Å². The van der Waals surface area contributed by atoms with Gasteiger partial charge in [0.1, 0.15) is 6.04 Å². The molecule has 2 N–H and O–H groups in total. The zero-order valence-corrected chi connectivity index (χ0v) is 11.1. The maximum atomic E-state index is 11.2. The smallest absolute Gasteiger partial charge is 0.408 e. The number of amides is 2. The van der Waals surface area contributed by atoms with Gasteiger partial charge in [-0.05, 0) is 19.3 Å². The quantitative estimate of drug-likeness (QED) is 0.561. The van der Waals surface area contributed by atoms with Crippen LogP contribution in [0.25, 0.3) is 0 Å². The van der Waals surface area contributed by atoms with Crippen molar-refractivity contribution in [2.45, 2.75) is 50.7 Å². The lowest BCUT2D eigenvalue weighted by Gasteiger charge is -2.34. The lowest BCUT2D eigenvalue weighted by Crippen LogP contribution is -2.63. The van der Waals surface area contributed by atoms with Gasteiger partial charge in [-0.1, -0.05) is 19.3 Å². The summed E-state index contributed by atoms with van der Waals surface area (Å²) in [6.45, 7) is 1.36. The molecule has 1 aliphatic carbocycles. The van der Waals surface area contributed by atoms with Crippen molar-refractivity contribution in [2.24, 2.45) is 0 Å². The number of hydrogen-bond acceptors (Lipinski definition) is 3. The first kappa shape index (κ1) is 14.1. The van der Waals surface area contributed by atoms with Crippen LogP contribution in [0.1, 0.15) is 38.5 Å². The molecule has 108 valence electrons. The van der Waals surface area contributed by atoms with Crippen LogP contribution < -0.4 is 5.32 Å². The first-order chi connectivity index (χ1) is 9.18. The van der Waals surface area contributed by atoms with E-state index in [2.05, 4.69) is 5.32 Å². The summed E-state index contributed by atoms with van der Waals surface area (Å²) in [7, 11) is 0. The van der Waals surface area contributed by atoms with Crippen molar-refractivity contribution in [1.29, 1.82) is 0 Å². The van der Waals surface area contributed by atoms with Crippen molar-refractivity contribution >= 4 is 12.0 Å². The van der Waals surface area contributed by atoms with Crippen molar-refractivity contribution < 1.29 is 19.4 Å². The molecule has 0 radical (unpaired) electrons. The van der Waals surface area contributed by atoms with E-state index in [1.54, 1.807) is 0 Å². The van der Waals surface area contributed by atoms with E-state index in [9.17, 15) is 9.59 Å². The molecule has 2 aliphatic rings. The molecule has 0 aromatic carbocycles. The Morgan fingerprint density at radius 1 is 1.37 bits per heavy atom. The van der Waals surface area contributed by atoms with Gasteiger partial charge in [0.15, 0.2) is 0 Å². The molecule has 2 rings (SSSR count). The zero-order valence-electron chi connectivity index (χ0n) is 11.1. The number of nitrogens with zero attached hydrogens (tertiary/aromatic N) is 1. The SMILES string of the molecule is O=C1NC[C@@H]1N(CCCOC1CCCCC1)C(=O)O. The summed E-state index contributed by atoms with van der Waals surface area (Å²) >= 11 is 0. The highest BCUT2D eigenvalue weighted by atomic mass is 16.5. The van der Waals surface area contributed by atoms with E-state index in [0.29, 0.717) is 32.2 Å². The van der Waals surface area contributed by atoms with Crippen LogP contribution in [0.4, 0.5) is 4.79 Å². The first-order valence-corrected chi connectivity index (χ1v) is 7.07. The second-order valence-corrected chi connectivity index (χ2v) is 5.22. The molecule has 0 aromatic heterocycles. The predicted molar refractivity (Wildman–Crippen MR) is 69.0 cm³/mol. The number of ether oxygens (including phenoxy) is 1. The van der Waals surface area contributed by atoms with Gasteiger partial charge in [-0.3, -0.25) is 9.69 Å². The van der Waals surface area contributed by atoms with Crippen molar-refractivity contribution in [2.75, 3.05) is 19.7 Å². The standard InChI is InChI=1S/C13H22N2O4/c16-12-11(9-14-12)15(13(17)18)7-4-8-19-10-5-2-1-3-6-10/h10-11H,1-9H2,(H,14,16)(H,17,18)/t11-/m0/s1. The van der Waals surface area contributed by atoms with Gasteiger partial charge < -0.3 is 15.2 Å². The van der Waals surface area contributed by atoms with E-state index < -0.39 is 12.1 Å².